The molecule has 2 rings (SSSR count). The van der Waals surface area contributed by atoms with Crippen LogP contribution in [0.5, 0.6) is 0 Å². The number of hydrogen-bond donors (Lipinski definition) is 0. The molecule has 122 valence electrons. The van der Waals surface area contributed by atoms with Crippen LogP contribution in [0.25, 0.3) is 0 Å². The van der Waals surface area contributed by atoms with E-state index in [1.165, 1.54) is 0 Å². The fourth-order valence-corrected chi connectivity index (χ4v) is 3.95. The standard InChI is InChI=1S/C16H23NO4S/c1-2-21-16(18)14-8-10-17(11-9-14)12-13-22(19,20)15-6-4-3-5-7-15/h3-7,14H,2,8-13H2,1H3. The quantitative estimate of drug-likeness (QED) is 0.746. The van der Waals surface area contributed by atoms with Crippen LogP contribution in [-0.4, -0.2) is 51.3 Å². The largest absolute Gasteiger partial charge is 0.466 e. The number of rotatable bonds is 6. The summed E-state index contributed by atoms with van der Waals surface area (Å²) in [6, 6.07) is 8.53. The molecule has 0 bridgehead atoms. The Labute approximate surface area is 132 Å². The Morgan fingerprint density at radius 2 is 1.86 bits per heavy atom. The molecule has 0 amide bonds. The molecule has 5 nitrogen and oxygen atoms in total. The fraction of sp³-hybridized carbons (Fsp3) is 0.562. The number of likely N-dealkylation sites (tertiary alicyclic amines) is 1. The predicted octanol–water partition coefficient (Wildman–Crippen LogP) is 1.74. The van der Waals surface area contributed by atoms with E-state index >= 15 is 0 Å². The number of piperidine rings is 1. The molecule has 1 aromatic rings. The number of benzene rings is 1. The van der Waals surface area contributed by atoms with E-state index in [9.17, 15) is 13.2 Å². The van der Waals surface area contributed by atoms with Crippen LogP contribution in [0.1, 0.15) is 19.8 Å². The Bertz CT molecular complexity index is 577. The first-order chi connectivity index (χ1) is 10.5. The average Bonchev–Trinajstić information content (AvgIpc) is 2.54. The first-order valence-corrected chi connectivity index (χ1v) is 9.35. The van der Waals surface area contributed by atoms with Gasteiger partial charge in [-0.15, -0.1) is 0 Å². The van der Waals surface area contributed by atoms with E-state index in [2.05, 4.69) is 4.90 Å². The highest BCUT2D eigenvalue weighted by atomic mass is 32.2. The van der Waals surface area contributed by atoms with Crippen LogP contribution in [0.3, 0.4) is 0 Å². The van der Waals surface area contributed by atoms with Crippen LogP contribution in [0.2, 0.25) is 0 Å². The number of carbonyl (C=O) groups is 1. The lowest BCUT2D eigenvalue weighted by atomic mass is 9.97. The average molecular weight is 325 g/mol. The van der Waals surface area contributed by atoms with E-state index in [1.54, 1.807) is 30.3 Å². The van der Waals surface area contributed by atoms with E-state index < -0.39 is 9.84 Å². The normalized spacial score (nSPS) is 17.3. The van der Waals surface area contributed by atoms with Crippen LogP contribution < -0.4 is 0 Å². The maximum absolute atomic E-state index is 12.2. The summed E-state index contributed by atoms with van der Waals surface area (Å²) in [5.74, 6) is -0.0536. The maximum Gasteiger partial charge on any atom is 0.309 e. The highest BCUT2D eigenvalue weighted by Gasteiger charge is 2.26. The molecule has 0 radical (unpaired) electrons. The summed E-state index contributed by atoms with van der Waals surface area (Å²) < 4.78 is 29.5. The Balaban J connectivity index is 1.81. The zero-order valence-corrected chi connectivity index (χ0v) is 13.7. The molecule has 0 N–H and O–H groups in total. The van der Waals surface area contributed by atoms with Gasteiger partial charge in [0.2, 0.25) is 0 Å². The fourth-order valence-electron chi connectivity index (χ4n) is 2.65. The van der Waals surface area contributed by atoms with Crippen molar-refractivity contribution in [3.05, 3.63) is 30.3 Å². The van der Waals surface area contributed by atoms with Crippen molar-refractivity contribution in [2.75, 3.05) is 32.0 Å². The molecule has 0 aromatic heterocycles. The second-order valence-electron chi connectivity index (χ2n) is 5.50. The third-order valence-electron chi connectivity index (χ3n) is 3.99. The summed E-state index contributed by atoms with van der Waals surface area (Å²) in [5, 5.41) is 0. The molecule has 22 heavy (non-hydrogen) atoms. The molecule has 1 aliphatic rings. The molecule has 1 aliphatic heterocycles. The van der Waals surface area contributed by atoms with E-state index in [0.29, 0.717) is 18.0 Å². The van der Waals surface area contributed by atoms with Crippen LogP contribution in [0.4, 0.5) is 0 Å². The molecule has 1 aromatic carbocycles. The van der Waals surface area contributed by atoms with Gasteiger partial charge in [0.05, 0.1) is 23.2 Å². The third-order valence-corrected chi connectivity index (χ3v) is 5.70. The Morgan fingerprint density at radius 3 is 2.45 bits per heavy atom. The lowest BCUT2D eigenvalue weighted by Gasteiger charge is -2.30. The van der Waals surface area contributed by atoms with Crippen molar-refractivity contribution in [2.45, 2.75) is 24.7 Å². The second kappa shape index (κ2) is 7.74. The highest BCUT2D eigenvalue weighted by Crippen LogP contribution is 2.19. The molecule has 0 atom stereocenters. The van der Waals surface area contributed by atoms with Crippen molar-refractivity contribution >= 4 is 15.8 Å². The van der Waals surface area contributed by atoms with Gasteiger partial charge in [0.15, 0.2) is 9.84 Å². The Kier molecular flexibility index (Phi) is 5.97. The van der Waals surface area contributed by atoms with Gasteiger partial charge in [0, 0.05) is 6.54 Å². The molecule has 1 saturated heterocycles. The lowest BCUT2D eigenvalue weighted by molar-refractivity contribution is -0.149. The summed E-state index contributed by atoms with van der Waals surface area (Å²) in [7, 11) is -3.23. The van der Waals surface area contributed by atoms with Gasteiger partial charge in [-0.05, 0) is 45.0 Å². The molecule has 1 fully saturated rings. The van der Waals surface area contributed by atoms with Gasteiger partial charge in [-0.2, -0.15) is 0 Å². The Hall–Kier alpha value is -1.40. The molecule has 0 saturated carbocycles. The van der Waals surface area contributed by atoms with Gasteiger partial charge in [-0.1, -0.05) is 18.2 Å². The number of sulfone groups is 1. The van der Waals surface area contributed by atoms with E-state index in [1.807, 2.05) is 6.92 Å². The van der Waals surface area contributed by atoms with Gasteiger partial charge >= 0.3 is 5.97 Å². The minimum Gasteiger partial charge on any atom is -0.466 e. The van der Waals surface area contributed by atoms with Crippen molar-refractivity contribution in [1.82, 2.24) is 4.90 Å². The maximum atomic E-state index is 12.2. The van der Waals surface area contributed by atoms with Crippen molar-refractivity contribution in [1.29, 1.82) is 0 Å². The van der Waals surface area contributed by atoms with Gasteiger partial charge < -0.3 is 9.64 Å². The van der Waals surface area contributed by atoms with Crippen LogP contribution in [0, 0.1) is 5.92 Å². The minimum absolute atomic E-state index is 0.0399. The number of nitrogens with zero attached hydrogens (tertiary/aromatic N) is 1. The van der Waals surface area contributed by atoms with E-state index in [-0.39, 0.29) is 17.6 Å². The van der Waals surface area contributed by atoms with Crippen molar-refractivity contribution in [3.8, 4) is 0 Å². The van der Waals surface area contributed by atoms with Gasteiger partial charge in [0.25, 0.3) is 0 Å². The molecular formula is C16H23NO4S. The zero-order chi connectivity index (χ0) is 16.0. The SMILES string of the molecule is CCOC(=O)C1CCN(CCS(=O)(=O)c2ccccc2)CC1. The number of carbonyl (C=O) groups excluding carboxylic acids is 1. The third kappa shape index (κ3) is 4.55. The molecular weight excluding hydrogens is 302 g/mol. The predicted molar refractivity (Wildman–Crippen MR) is 84.3 cm³/mol. The van der Waals surface area contributed by atoms with Crippen LogP contribution in [-0.2, 0) is 19.4 Å². The summed E-state index contributed by atoms with van der Waals surface area (Å²) in [6.45, 7) is 4.21. The minimum atomic E-state index is -3.23. The molecule has 0 aliphatic carbocycles. The van der Waals surface area contributed by atoms with Gasteiger partial charge in [-0.3, -0.25) is 4.79 Å². The van der Waals surface area contributed by atoms with E-state index in [0.717, 1.165) is 25.9 Å². The lowest BCUT2D eigenvalue weighted by Crippen LogP contribution is -2.39. The second-order valence-corrected chi connectivity index (χ2v) is 7.61. The molecule has 6 heteroatoms. The summed E-state index contributed by atoms with van der Waals surface area (Å²) in [6.07, 6.45) is 1.48. The molecule has 0 spiro atoms. The highest BCUT2D eigenvalue weighted by molar-refractivity contribution is 7.91. The Morgan fingerprint density at radius 1 is 1.23 bits per heavy atom. The van der Waals surface area contributed by atoms with Crippen LogP contribution in [0.15, 0.2) is 35.2 Å². The number of ether oxygens (including phenoxy) is 1. The van der Waals surface area contributed by atoms with Crippen molar-refractivity contribution in [2.24, 2.45) is 5.92 Å². The van der Waals surface area contributed by atoms with Crippen molar-refractivity contribution in [3.63, 3.8) is 0 Å². The van der Waals surface area contributed by atoms with E-state index in [4.69, 9.17) is 4.74 Å². The van der Waals surface area contributed by atoms with Crippen LogP contribution >= 0.6 is 0 Å². The molecule has 1 heterocycles. The number of hydrogen-bond acceptors (Lipinski definition) is 5. The summed E-state index contributed by atoms with van der Waals surface area (Å²) in [5.41, 5.74) is 0. The van der Waals surface area contributed by atoms with Gasteiger partial charge in [0.1, 0.15) is 0 Å². The first kappa shape index (κ1) is 17.0. The summed E-state index contributed by atoms with van der Waals surface area (Å²) in [4.78, 5) is 14.1. The summed E-state index contributed by atoms with van der Waals surface area (Å²) >= 11 is 0. The van der Waals surface area contributed by atoms with Gasteiger partial charge in [-0.25, -0.2) is 8.42 Å². The number of esters is 1. The first-order valence-electron chi connectivity index (χ1n) is 7.69. The monoisotopic (exact) mass is 325 g/mol. The molecule has 0 unspecified atom stereocenters. The smallest absolute Gasteiger partial charge is 0.309 e. The topological polar surface area (TPSA) is 63.7 Å². The van der Waals surface area contributed by atoms with Crippen molar-refractivity contribution < 1.29 is 17.9 Å². The zero-order valence-electron chi connectivity index (χ0n) is 12.9.